The molecule has 0 aliphatic heterocycles. The van der Waals surface area contributed by atoms with E-state index in [-0.39, 0.29) is 150 Å². The standard InChI is InChI=1S/C10H10ClF2NO2.C8H7ClF2IN.C8H8ClF2NO.C8H6ClFIN.C6H5BrClN.C4H5BrF2O2.2CH4.B.Cu.2Na.H2O.H/c1-3-16-9(15)10(12,13)8-7(11)4-6(2)5-14-8;1-5-2-6(9)7(13-3-5)8(10,11)4-12;1-5-2-6(9)7(12-3-5)8(10,11)4-13;1-5-2-6(9)8(12-4-5)7(10)3-11;1-4-2-5(8)6(7)9-3-4;1-2-9-3(8)4(5,6)7;;;;;;;;/h4-5H,3H2,1-2H3;2-3H,4H2,1H3;2-3,13H,4H2,1H3;2-4H,1H3;2-3H,1H3;2H2,1H3;2*1H4;;;;;1H2;/q;;;;;;;;;;2*+1;;-1/p-1/b;;;7-3-;;;;;;;;;;. The number of hydrogen-bond donors (Lipinski definition) is 1. The zero-order valence-corrected chi connectivity index (χ0v) is 57.8. The first-order valence-corrected chi connectivity index (χ1v) is 25.9. The smallest absolute Gasteiger partial charge is 1.00 e. The van der Waals surface area contributed by atoms with Gasteiger partial charge in [0.15, 0.2) is 5.83 Å². The summed E-state index contributed by atoms with van der Waals surface area (Å²) in [5.41, 5.74) is 2.61. The molecule has 0 saturated heterocycles. The van der Waals surface area contributed by atoms with Crippen LogP contribution in [0.1, 0.15) is 80.7 Å². The number of nitrogens with zero attached hydrogens (tertiary/aromatic N) is 5. The van der Waals surface area contributed by atoms with E-state index in [9.17, 15) is 49.1 Å². The quantitative estimate of drug-likeness (QED) is 0.0353. The van der Waals surface area contributed by atoms with Gasteiger partial charge in [-0.05, 0) is 145 Å². The predicted octanol–water partition coefficient (Wildman–Crippen LogP) is 11.3. The third kappa shape index (κ3) is 35.4. The van der Waals surface area contributed by atoms with Crippen LogP contribution in [-0.2, 0) is 53.9 Å². The van der Waals surface area contributed by atoms with Crippen LogP contribution in [0, 0.1) is 34.6 Å². The Balaban J connectivity index is -0.000000107. The van der Waals surface area contributed by atoms with Gasteiger partial charge in [-0.1, -0.05) is 95.4 Å². The fourth-order valence-electron chi connectivity index (χ4n) is 4.32. The molecule has 438 valence electrons. The van der Waals surface area contributed by atoms with E-state index in [2.05, 4.69) is 50.3 Å². The predicted molar refractivity (Wildman–Crippen MR) is 308 cm³/mol. The van der Waals surface area contributed by atoms with Crippen LogP contribution in [-0.4, -0.2) is 84.9 Å². The second-order valence-corrected chi connectivity index (χ2v) is 19.0. The Morgan fingerprint density at radius 1 is 0.633 bits per heavy atom. The molecular weight excluding hydrogens is 1600 g/mol. The number of ether oxygens (including phenoxy) is 2. The minimum atomic E-state index is -3.82. The van der Waals surface area contributed by atoms with Crippen molar-refractivity contribution in [2.45, 2.75) is 85.9 Å². The summed E-state index contributed by atoms with van der Waals surface area (Å²) in [6.45, 7) is 10.4. The van der Waals surface area contributed by atoms with Gasteiger partial charge in [0.05, 0.1) is 42.8 Å². The zero-order valence-electron chi connectivity index (χ0n) is 42.6. The van der Waals surface area contributed by atoms with Gasteiger partial charge in [0, 0.05) is 76.5 Å². The summed E-state index contributed by atoms with van der Waals surface area (Å²) in [4.78, 5) is 36.0. The van der Waals surface area contributed by atoms with Crippen LogP contribution < -0.4 is 59.1 Å². The molecule has 5 aromatic heterocycles. The Labute approximate surface area is 581 Å². The molecule has 0 aliphatic rings. The number of hydrogen-bond acceptors (Lipinski definition) is 11. The van der Waals surface area contributed by atoms with Gasteiger partial charge in [-0.25, -0.2) is 19.0 Å². The average Bonchev–Trinajstić information content (AvgIpc) is 3.28. The number of aliphatic hydroxyl groups excluding tert-OH is 1. The van der Waals surface area contributed by atoms with Crippen molar-refractivity contribution in [2.24, 2.45) is 0 Å². The van der Waals surface area contributed by atoms with Crippen LogP contribution in [0.5, 0.6) is 0 Å². The third-order valence-corrected chi connectivity index (χ3v) is 11.7. The summed E-state index contributed by atoms with van der Waals surface area (Å²) in [5, 5.41) is 9.05. The van der Waals surface area contributed by atoms with Crippen molar-refractivity contribution in [3.8, 4) is 0 Å². The van der Waals surface area contributed by atoms with E-state index < -0.39 is 58.4 Å². The molecule has 33 heteroatoms. The van der Waals surface area contributed by atoms with Gasteiger partial charge in [0.25, 0.3) is 5.92 Å². The molecule has 5 aromatic rings. The first-order valence-electron chi connectivity index (χ1n) is 19.6. The number of aromatic nitrogens is 5. The van der Waals surface area contributed by atoms with Gasteiger partial charge in [-0.3, -0.25) is 19.9 Å². The maximum atomic E-state index is 13.5. The topological polar surface area (TPSA) is 167 Å². The molecule has 0 spiro atoms. The van der Waals surface area contributed by atoms with Crippen molar-refractivity contribution in [3.63, 3.8) is 0 Å². The van der Waals surface area contributed by atoms with E-state index in [0.29, 0.717) is 25.8 Å². The molecule has 11 nitrogen and oxygen atoms in total. The number of alkyl halides is 10. The Bertz CT molecular complexity index is 2580. The summed E-state index contributed by atoms with van der Waals surface area (Å²) in [6.07, 6.45) is 7.23. The molecule has 0 amide bonds. The molecule has 0 atom stereocenters. The number of carbonyl (C=O) groups is 2. The first kappa shape index (κ1) is 95.5. The van der Waals surface area contributed by atoms with E-state index in [1.54, 1.807) is 84.4 Å². The summed E-state index contributed by atoms with van der Waals surface area (Å²) < 4.78 is 125. The number of rotatable bonds is 10. The van der Waals surface area contributed by atoms with Crippen molar-refractivity contribution >= 4 is 161 Å². The Morgan fingerprint density at radius 2 is 0.949 bits per heavy atom. The van der Waals surface area contributed by atoms with E-state index >= 15 is 0 Å². The van der Waals surface area contributed by atoms with E-state index in [4.69, 9.17) is 63.1 Å². The zero-order chi connectivity index (χ0) is 55.9. The molecule has 0 saturated carbocycles. The van der Waals surface area contributed by atoms with Crippen LogP contribution in [0.2, 0.25) is 25.1 Å². The van der Waals surface area contributed by atoms with Gasteiger partial charge < -0.3 is 21.5 Å². The SMILES string of the molecule is C.C.CCOC(=O)C(F)(F)Br.CCOC(=O)C(F)(F)c1ncc(C)cc1Cl.Cc1cnc(/C(F)=C/I)c(Cl)c1.Cc1cnc(Br)c(Cl)c1.Cc1cnc(C(F)(F)CI)c(Cl)c1.Cc1cnc(C(F)(F)CO)c(Cl)c1.[B].[Cu].[H-].[Na+].[Na+].[OH-]. The van der Waals surface area contributed by atoms with Gasteiger partial charge >= 0.3 is 87.7 Å². The molecule has 79 heavy (non-hydrogen) atoms. The third-order valence-electron chi connectivity index (χ3n) is 7.56. The van der Waals surface area contributed by atoms with Gasteiger partial charge in [-0.15, -0.1) is 0 Å². The number of aliphatic hydroxyl groups is 1. The number of carbonyl (C=O) groups excluding carboxylic acids is 2. The van der Waals surface area contributed by atoms with Gasteiger partial charge in [0.1, 0.15) is 34.0 Å². The number of esters is 2. The summed E-state index contributed by atoms with van der Waals surface area (Å²) in [6, 6.07) is 7.73. The first-order chi connectivity index (χ1) is 33.2. The fraction of sp³-hybridized carbons (Fsp3) is 0.370. The Morgan fingerprint density at radius 3 is 1.23 bits per heavy atom. The van der Waals surface area contributed by atoms with Crippen LogP contribution in [0.3, 0.4) is 0 Å². The molecule has 2 N–H and O–H groups in total. The summed E-state index contributed by atoms with van der Waals surface area (Å²) >= 11 is 36.7. The van der Waals surface area contributed by atoms with Crippen LogP contribution >= 0.6 is 135 Å². The average molecular weight is 1650 g/mol. The van der Waals surface area contributed by atoms with Crippen LogP contribution in [0.25, 0.3) is 5.83 Å². The summed E-state index contributed by atoms with van der Waals surface area (Å²) in [7, 11) is 0. The van der Waals surface area contributed by atoms with Gasteiger partial charge in [-0.2, -0.15) is 35.1 Å². The fourth-order valence-corrected chi connectivity index (χ4v) is 6.89. The molecule has 5 rings (SSSR count). The van der Waals surface area contributed by atoms with E-state index in [1.807, 2.05) is 35.8 Å². The number of halogens is 18. The Hall–Kier alpha value is 0.174. The molecule has 4 radical (unpaired) electrons. The molecule has 5 heterocycles. The number of pyridine rings is 5. The van der Waals surface area contributed by atoms with Crippen LogP contribution in [0.4, 0.5) is 39.5 Å². The summed E-state index contributed by atoms with van der Waals surface area (Å²) in [5.74, 6) is -13.7. The number of aryl methyl sites for hydroxylation is 5. The van der Waals surface area contributed by atoms with E-state index in [0.717, 1.165) is 16.7 Å². The second kappa shape index (κ2) is 46.4. The van der Waals surface area contributed by atoms with Crippen molar-refractivity contribution in [2.75, 3.05) is 24.2 Å². The maximum Gasteiger partial charge on any atom is 1.00 e. The molecule has 0 unspecified atom stereocenters. The molecule has 0 bridgehead atoms. The Kier molecular flexibility index (Phi) is 56.1. The maximum absolute atomic E-state index is 13.5. The normalized spacial score (nSPS) is 10.3. The van der Waals surface area contributed by atoms with Crippen molar-refractivity contribution in [1.82, 2.24) is 24.9 Å². The largest absolute Gasteiger partial charge is 1.00 e. The molecular formula is C46H51BBr2Cl5CuF9I2N5Na2O6. The van der Waals surface area contributed by atoms with Crippen molar-refractivity contribution in [1.29, 1.82) is 0 Å². The minimum absolute atomic E-state index is 0. The molecule has 0 fully saturated rings. The molecule has 0 aliphatic carbocycles. The van der Waals surface area contributed by atoms with Crippen molar-refractivity contribution in [3.05, 3.63) is 146 Å². The van der Waals surface area contributed by atoms with Crippen molar-refractivity contribution < 1.29 is 147 Å². The minimum Gasteiger partial charge on any atom is -1.00 e. The molecule has 0 aromatic carbocycles. The second-order valence-electron chi connectivity index (χ2n) is 13.8. The van der Waals surface area contributed by atoms with Gasteiger partial charge in [0.2, 0.25) is 0 Å². The monoisotopic (exact) mass is 1650 g/mol. The van der Waals surface area contributed by atoms with Crippen LogP contribution in [0.15, 0.2) is 70.0 Å². The van der Waals surface area contributed by atoms with E-state index in [1.165, 1.54) is 54.7 Å².